The van der Waals surface area contributed by atoms with E-state index in [0.717, 1.165) is 0 Å². The van der Waals surface area contributed by atoms with Gasteiger partial charge in [0.15, 0.2) is 5.76 Å². The maximum Gasteiger partial charge on any atom is 0.324 e. The molecule has 0 bridgehead atoms. The molecule has 1 heterocycles. The van der Waals surface area contributed by atoms with Crippen LogP contribution in [-0.2, 0) is 14.8 Å². The van der Waals surface area contributed by atoms with Crippen molar-refractivity contribution in [1.29, 1.82) is 0 Å². The molecule has 0 unspecified atom stereocenters. The van der Waals surface area contributed by atoms with Crippen LogP contribution in [0.4, 0.5) is 0 Å². The molecule has 0 radical (unpaired) electrons. The number of sulfonamides is 1. The van der Waals surface area contributed by atoms with Gasteiger partial charge in [0.1, 0.15) is 16.1 Å². The van der Waals surface area contributed by atoms with Gasteiger partial charge in [-0.3, -0.25) is 4.79 Å². The maximum atomic E-state index is 12.3. The van der Waals surface area contributed by atoms with Gasteiger partial charge in [-0.2, -0.15) is 4.72 Å². The Hall–Kier alpha value is -1.41. The molecule has 1 rings (SSSR count). The van der Waals surface area contributed by atoms with E-state index < -0.39 is 21.5 Å². The first-order chi connectivity index (χ1) is 8.64. The number of aliphatic carboxylic acids is 1. The summed E-state index contributed by atoms with van der Waals surface area (Å²) in [5.41, 5.74) is -1.35. The summed E-state index contributed by atoms with van der Waals surface area (Å²) in [5.74, 6) is -1.08. The highest BCUT2D eigenvalue weighted by atomic mass is 32.2. The number of carboxylic acids is 1. The lowest BCUT2D eigenvalue weighted by Gasteiger charge is -2.25. The van der Waals surface area contributed by atoms with Crippen molar-refractivity contribution in [3.63, 3.8) is 0 Å². The average molecular weight is 290 g/mol. The molecule has 0 saturated carbocycles. The van der Waals surface area contributed by atoms with E-state index in [1.807, 2.05) is 0 Å². The Balaban J connectivity index is 3.19. The Morgan fingerprint density at radius 1 is 1.47 bits per heavy atom. The number of hydrogen-bond acceptors (Lipinski definition) is 5. The van der Waals surface area contributed by atoms with Crippen LogP contribution in [0.25, 0.3) is 0 Å². The molecule has 7 nitrogen and oxygen atoms in total. The van der Waals surface area contributed by atoms with Gasteiger partial charge in [0.05, 0.1) is 0 Å². The normalized spacial score (nSPS) is 15.2. The minimum Gasteiger partial charge on any atom is -0.480 e. The zero-order chi connectivity index (χ0) is 14.8. The van der Waals surface area contributed by atoms with Gasteiger partial charge in [0.25, 0.3) is 0 Å². The van der Waals surface area contributed by atoms with E-state index in [2.05, 4.69) is 9.88 Å². The SMILES string of the molecule is CCC[C@@](C)(NS(=O)(=O)c1c(C)noc1C)C(=O)O. The van der Waals surface area contributed by atoms with E-state index in [1.54, 1.807) is 6.92 Å². The molecule has 0 spiro atoms. The predicted molar refractivity (Wildman–Crippen MR) is 67.2 cm³/mol. The Bertz CT molecular complexity index is 558. The van der Waals surface area contributed by atoms with Gasteiger partial charge in [0.2, 0.25) is 10.0 Å². The first kappa shape index (κ1) is 15.6. The standard InChI is InChI=1S/C11H18N2O5S/c1-5-6-11(4,10(14)15)13-19(16,17)9-7(2)12-18-8(9)3/h13H,5-6H2,1-4H3,(H,14,15)/t11-/m1/s1. The number of nitrogens with zero attached hydrogens (tertiary/aromatic N) is 1. The molecule has 108 valence electrons. The molecular weight excluding hydrogens is 272 g/mol. The Morgan fingerprint density at radius 2 is 2.05 bits per heavy atom. The lowest BCUT2D eigenvalue weighted by Crippen LogP contribution is -2.52. The number of carbonyl (C=O) groups is 1. The van der Waals surface area contributed by atoms with Crippen LogP contribution in [0.15, 0.2) is 9.42 Å². The van der Waals surface area contributed by atoms with Crippen molar-refractivity contribution in [2.24, 2.45) is 0 Å². The monoisotopic (exact) mass is 290 g/mol. The van der Waals surface area contributed by atoms with E-state index in [1.165, 1.54) is 20.8 Å². The molecule has 0 amide bonds. The second-order valence-corrected chi connectivity index (χ2v) is 6.27. The van der Waals surface area contributed by atoms with Crippen LogP contribution in [-0.4, -0.2) is 30.2 Å². The summed E-state index contributed by atoms with van der Waals surface area (Å²) in [4.78, 5) is 11.2. The van der Waals surface area contributed by atoms with Crippen LogP contribution in [0.2, 0.25) is 0 Å². The Morgan fingerprint density at radius 3 is 2.42 bits per heavy atom. The Kier molecular flexibility index (Phi) is 4.36. The van der Waals surface area contributed by atoms with Gasteiger partial charge in [0, 0.05) is 0 Å². The number of aryl methyl sites for hydroxylation is 2. The first-order valence-corrected chi connectivity index (χ1v) is 7.32. The molecule has 0 aliphatic carbocycles. The third-order valence-corrected chi connectivity index (χ3v) is 4.66. The second-order valence-electron chi connectivity index (χ2n) is 4.65. The fourth-order valence-electron chi connectivity index (χ4n) is 1.91. The van der Waals surface area contributed by atoms with Crippen LogP contribution >= 0.6 is 0 Å². The van der Waals surface area contributed by atoms with E-state index in [4.69, 9.17) is 4.52 Å². The molecule has 19 heavy (non-hydrogen) atoms. The van der Waals surface area contributed by atoms with Crippen molar-refractivity contribution >= 4 is 16.0 Å². The predicted octanol–water partition coefficient (Wildman–Crippen LogP) is 1.21. The van der Waals surface area contributed by atoms with Crippen LogP contribution < -0.4 is 4.72 Å². The molecule has 0 fully saturated rings. The third-order valence-electron chi connectivity index (χ3n) is 2.82. The molecule has 1 aromatic rings. The largest absolute Gasteiger partial charge is 0.480 e. The van der Waals surface area contributed by atoms with E-state index in [-0.39, 0.29) is 22.8 Å². The molecule has 8 heteroatoms. The summed E-state index contributed by atoms with van der Waals surface area (Å²) in [7, 11) is -3.99. The van der Waals surface area contributed by atoms with Crippen molar-refractivity contribution in [3.05, 3.63) is 11.5 Å². The topological polar surface area (TPSA) is 110 Å². The fourth-order valence-corrected chi connectivity index (χ4v) is 3.63. The van der Waals surface area contributed by atoms with Crippen molar-refractivity contribution < 1.29 is 22.8 Å². The molecular formula is C11H18N2O5S. The zero-order valence-electron chi connectivity index (χ0n) is 11.3. The summed E-state index contributed by atoms with van der Waals surface area (Å²) < 4.78 is 31.5. The highest BCUT2D eigenvalue weighted by molar-refractivity contribution is 7.89. The molecule has 1 atom stereocenters. The number of carboxylic acid groups (broad SMARTS) is 1. The average Bonchev–Trinajstić information content (AvgIpc) is 2.58. The highest BCUT2D eigenvalue weighted by Gasteiger charge is 2.38. The number of aromatic nitrogens is 1. The summed E-state index contributed by atoms with van der Waals surface area (Å²) >= 11 is 0. The second kappa shape index (κ2) is 5.30. The minimum absolute atomic E-state index is 0.101. The van der Waals surface area contributed by atoms with Gasteiger partial charge in [-0.1, -0.05) is 18.5 Å². The summed E-state index contributed by atoms with van der Waals surface area (Å²) in [5, 5.41) is 12.8. The van der Waals surface area contributed by atoms with Gasteiger partial charge in [-0.05, 0) is 27.2 Å². The van der Waals surface area contributed by atoms with Crippen LogP contribution in [0.5, 0.6) is 0 Å². The summed E-state index contributed by atoms with van der Waals surface area (Å²) in [6.07, 6.45) is 0.720. The first-order valence-electron chi connectivity index (χ1n) is 5.84. The Labute approximate surface area is 112 Å². The fraction of sp³-hybridized carbons (Fsp3) is 0.636. The van der Waals surface area contributed by atoms with Gasteiger partial charge < -0.3 is 9.63 Å². The van der Waals surface area contributed by atoms with Crippen molar-refractivity contribution in [2.45, 2.75) is 51.0 Å². The third kappa shape index (κ3) is 3.13. The van der Waals surface area contributed by atoms with Crippen molar-refractivity contribution in [3.8, 4) is 0 Å². The quantitative estimate of drug-likeness (QED) is 0.815. The van der Waals surface area contributed by atoms with Gasteiger partial charge in [-0.15, -0.1) is 0 Å². The molecule has 0 aromatic carbocycles. The molecule has 2 N–H and O–H groups in total. The molecule has 1 aromatic heterocycles. The van der Waals surface area contributed by atoms with E-state index >= 15 is 0 Å². The zero-order valence-corrected chi connectivity index (χ0v) is 12.2. The lowest BCUT2D eigenvalue weighted by atomic mass is 9.98. The maximum absolute atomic E-state index is 12.3. The van der Waals surface area contributed by atoms with Crippen LogP contribution in [0.3, 0.4) is 0 Å². The molecule has 0 aliphatic rings. The molecule has 0 saturated heterocycles. The number of hydrogen-bond donors (Lipinski definition) is 2. The minimum atomic E-state index is -3.99. The van der Waals surface area contributed by atoms with E-state index in [0.29, 0.717) is 6.42 Å². The van der Waals surface area contributed by atoms with Crippen LogP contribution in [0.1, 0.15) is 38.1 Å². The highest BCUT2D eigenvalue weighted by Crippen LogP contribution is 2.22. The smallest absolute Gasteiger partial charge is 0.324 e. The summed E-state index contributed by atoms with van der Waals surface area (Å²) in [6, 6.07) is 0. The van der Waals surface area contributed by atoms with E-state index in [9.17, 15) is 18.3 Å². The van der Waals surface area contributed by atoms with Crippen LogP contribution in [0, 0.1) is 13.8 Å². The molecule has 0 aliphatic heterocycles. The summed E-state index contributed by atoms with van der Waals surface area (Å²) in [6.45, 7) is 6.08. The lowest BCUT2D eigenvalue weighted by molar-refractivity contribution is -0.143. The van der Waals surface area contributed by atoms with Gasteiger partial charge >= 0.3 is 5.97 Å². The number of nitrogens with one attached hydrogen (secondary N) is 1. The van der Waals surface area contributed by atoms with Gasteiger partial charge in [-0.25, -0.2) is 8.42 Å². The van der Waals surface area contributed by atoms with Crippen molar-refractivity contribution in [1.82, 2.24) is 9.88 Å². The number of rotatable bonds is 6. The van der Waals surface area contributed by atoms with Crippen molar-refractivity contribution in [2.75, 3.05) is 0 Å².